The van der Waals surface area contributed by atoms with Gasteiger partial charge in [-0.15, -0.1) is 0 Å². The topological polar surface area (TPSA) is 52.3 Å². The lowest BCUT2D eigenvalue weighted by molar-refractivity contribution is -0.139. The number of benzene rings is 2. The molecule has 0 saturated carbocycles. The van der Waals surface area contributed by atoms with Gasteiger partial charge in [-0.1, -0.05) is 36.4 Å². The van der Waals surface area contributed by atoms with E-state index in [4.69, 9.17) is 5.73 Å². The third kappa shape index (κ3) is 2.88. The zero-order valence-electron chi connectivity index (χ0n) is 10.2. The molecule has 0 aliphatic heterocycles. The first kappa shape index (κ1) is 12.2. The molecule has 0 aliphatic rings. The molecule has 18 heavy (non-hydrogen) atoms. The Bertz CT molecular complexity index is 550. The van der Waals surface area contributed by atoms with Crippen molar-refractivity contribution in [1.29, 1.82) is 0 Å². The predicted octanol–water partition coefficient (Wildman–Crippen LogP) is 2.65. The van der Waals surface area contributed by atoms with Crippen LogP contribution < -0.4 is 5.73 Å². The average Bonchev–Trinajstić information content (AvgIpc) is 2.39. The summed E-state index contributed by atoms with van der Waals surface area (Å²) in [7, 11) is 1.38. The quantitative estimate of drug-likeness (QED) is 0.664. The fourth-order valence-corrected chi connectivity index (χ4v) is 1.86. The summed E-state index contributed by atoms with van der Waals surface area (Å²) in [6.45, 7) is 0. The minimum absolute atomic E-state index is 0.237. The highest BCUT2D eigenvalue weighted by Crippen LogP contribution is 2.23. The Morgan fingerprint density at radius 3 is 2.50 bits per heavy atom. The molecule has 2 rings (SSSR count). The molecule has 92 valence electrons. The van der Waals surface area contributed by atoms with Gasteiger partial charge in [0.05, 0.1) is 13.5 Å². The van der Waals surface area contributed by atoms with E-state index in [1.807, 2.05) is 42.5 Å². The molecule has 0 fully saturated rings. The summed E-state index contributed by atoms with van der Waals surface area (Å²) < 4.78 is 4.66. The molecule has 0 spiro atoms. The van der Waals surface area contributed by atoms with Crippen molar-refractivity contribution in [3.63, 3.8) is 0 Å². The molecule has 0 atom stereocenters. The number of nitrogen functional groups attached to an aromatic ring is 1. The van der Waals surface area contributed by atoms with E-state index in [0.717, 1.165) is 16.7 Å². The smallest absolute Gasteiger partial charge is 0.309 e. The van der Waals surface area contributed by atoms with Crippen LogP contribution in [0.1, 0.15) is 5.56 Å². The third-order valence-corrected chi connectivity index (χ3v) is 2.70. The molecular weight excluding hydrogens is 226 g/mol. The van der Waals surface area contributed by atoms with E-state index in [1.165, 1.54) is 7.11 Å². The summed E-state index contributed by atoms with van der Waals surface area (Å²) in [5, 5.41) is 0. The highest BCUT2D eigenvalue weighted by Gasteiger charge is 2.06. The van der Waals surface area contributed by atoms with Crippen LogP contribution >= 0.6 is 0 Å². The van der Waals surface area contributed by atoms with Gasteiger partial charge in [-0.05, 0) is 28.8 Å². The first-order chi connectivity index (χ1) is 8.69. The van der Waals surface area contributed by atoms with Gasteiger partial charge in [-0.25, -0.2) is 0 Å². The maximum Gasteiger partial charge on any atom is 0.309 e. The van der Waals surface area contributed by atoms with Gasteiger partial charge >= 0.3 is 5.97 Å². The Kier molecular flexibility index (Phi) is 3.63. The second-order valence-corrected chi connectivity index (χ2v) is 4.08. The molecule has 3 nitrogen and oxygen atoms in total. The van der Waals surface area contributed by atoms with Crippen molar-refractivity contribution in [1.82, 2.24) is 0 Å². The highest BCUT2D eigenvalue weighted by molar-refractivity contribution is 5.75. The number of anilines is 1. The maximum atomic E-state index is 11.3. The zero-order valence-corrected chi connectivity index (χ0v) is 10.2. The molecule has 0 aromatic heterocycles. The molecule has 0 unspecified atom stereocenters. The Morgan fingerprint density at radius 1 is 1.11 bits per heavy atom. The van der Waals surface area contributed by atoms with Gasteiger partial charge in [0.25, 0.3) is 0 Å². The number of esters is 1. The summed E-state index contributed by atoms with van der Waals surface area (Å²) in [5.41, 5.74) is 9.46. The predicted molar refractivity (Wildman–Crippen MR) is 72.0 cm³/mol. The molecule has 0 heterocycles. The standard InChI is InChI=1S/C15H15NO2/c1-18-15(17)9-11-7-13(10-14(16)8-11)12-5-3-2-4-6-12/h2-8,10H,9,16H2,1H3. The Labute approximate surface area is 106 Å². The molecule has 2 aromatic rings. The number of rotatable bonds is 3. The van der Waals surface area contributed by atoms with E-state index in [-0.39, 0.29) is 12.4 Å². The molecule has 2 aromatic carbocycles. The lowest BCUT2D eigenvalue weighted by Gasteiger charge is -2.07. The molecule has 0 bridgehead atoms. The van der Waals surface area contributed by atoms with E-state index in [0.29, 0.717) is 5.69 Å². The van der Waals surface area contributed by atoms with Gasteiger partial charge in [-0.2, -0.15) is 0 Å². The van der Waals surface area contributed by atoms with Crippen molar-refractivity contribution in [3.05, 3.63) is 54.1 Å². The normalized spacial score (nSPS) is 10.1. The molecule has 0 amide bonds. The van der Waals surface area contributed by atoms with Crippen molar-refractivity contribution < 1.29 is 9.53 Å². The molecule has 0 aliphatic carbocycles. The minimum Gasteiger partial charge on any atom is -0.469 e. The van der Waals surface area contributed by atoms with Crippen LogP contribution in [-0.2, 0) is 16.0 Å². The van der Waals surface area contributed by atoms with Crippen LogP contribution in [0, 0.1) is 0 Å². The minimum atomic E-state index is -0.264. The summed E-state index contributed by atoms with van der Waals surface area (Å²) in [5.74, 6) is -0.264. The first-order valence-electron chi connectivity index (χ1n) is 5.71. The van der Waals surface area contributed by atoms with Crippen molar-refractivity contribution in [2.45, 2.75) is 6.42 Å². The summed E-state index contributed by atoms with van der Waals surface area (Å²) in [4.78, 5) is 11.3. The van der Waals surface area contributed by atoms with Gasteiger partial charge < -0.3 is 10.5 Å². The van der Waals surface area contributed by atoms with Crippen LogP contribution in [-0.4, -0.2) is 13.1 Å². The van der Waals surface area contributed by atoms with Gasteiger partial charge in [0, 0.05) is 5.69 Å². The number of nitrogens with two attached hydrogens (primary N) is 1. The second kappa shape index (κ2) is 5.36. The number of hydrogen-bond acceptors (Lipinski definition) is 3. The van der Waals surface area contributed by atoms with Crippen LogP contribution in [0.2, 0.25) is 0 Å². The lowest BCUT2D eigenvalue weighted by Crippen LogP contribution is -2.05. The van der Waals surface area contributed by atoms with E-state index in [9.17, 15) is 4.79 Å². The Hall–Kier alpha value is -2.29. The molecular formula is C15H15NO2. The summed E-state index contributed by atoms with van der Waals surface area (Å²) >= 11 is 0. The van der Waals surface area contributed by atoms with Gasteiger partial charge in [-0.3, -0.25) is 4.79 Å². The monoisotopic (exact) mass is 241 g/mol. The third-order valence-electron chi connectivity index (χ3n) is 2.70. The number of carbonyl (C=O) groups excluding carboxylic acids is 1. The highest BCUT2D eigenvalue weighted by atomic mass is 16.5. The van der Waals surface area contributed by atoms with Gasteiger partial charge in [0.1, 0.15) is 0 Å². The fourth-order valence-electron chi connectivity index (χ4n) is 1.86. The van der Waals surface area contributed by atoms with Crippen molar-refractivity contribution in [2.24, 2.45) is 0 Å². The molecule has 3 heteroatoms. The van der Waals surface area contributed by atoms with Crippen LogP contribution in [0.5, 0.6) is 0 Å². The summed E-state index contributed by atoms with van der Waals surface area (Å²) in [6.07, 6.45) is 0.237. The number of methoxy groups -OCH3 is 1. The van der Waals surface area contributed by atoms with Crippen LogP contribution in [0.15, 0.2) is 48.5 Å². The van der Waals surface area contributed by atoms with Crippen molar-refractivity contribution >= 4 is 11.7 Å². The lowest BCUT2D eigenvalue weighted by atomic mass is 10.0. The van der Waals surface area contributed by atoms with Gasteiger partial charge in [0.2, 0.25) is 0 Å². The van der Waals surface area contributed by atoms with E-state index >= 15 is 0 Å². The van der Waals surface area contributed by atoms with Crippen molar-refractivity contribution in [2.75, 3.05) is 12.8 Å². The Morgan fingerprint density at radius 2 is 1.83 bits per heavy atom. The Balaban J connectivity index is 2.35. The molecule has 2 N–H and O–H groups in total. The largest absolute Gasteiger partial charge is 0.469 e. The van der Waals surface area contributed by atoms with Crippen LogP contribution in [0.25, 0.3) is 11.1 Å². The van der Waals surface area contributed by atoms with Crippen LogP contribution in [0.3, 0.4) is 0 Å². The van der Waals surface area contributed by atoms with Gasteiger partial charge in [0.15, 0.2) is 0 Å². The van der Waals surface area contributed by atoms with E-state index in [1.54, 1.807) is 6.07 Å². The first-order valence-corrected chi connectivity index (χ1v) is 5.71. The van der Waals surface area contributed by atoms with Crippen LogP contribution in [0.4, 0.5) is 5.69 Å². The van der Waals surface area contributed by atoms with E-state index < -0.39 is 0 Å². The fraction of sp³-hybridized carbons (Fsp3) is 0.133. The molecule has 0 saturated heterocycles. The van der Waals surface area contributed by atoms with E-state index in [2.05, 4.69) is 4.74 Å². The number of carbonyl (C=O) groups is 1. The second-order valence-electron chi connectivity index (χ2n) is 4.08. The SMILES string of the molecule is COC(=O)Cc1cc(N)cc(-c2ccccc2)c1. The average molecular weight is 241 g/mol. The zero-order chi connectivity index (χ0) is 13.0. The maximum absolute atomic E-state index is 11.3. The molecule has 0 radical (unpaired) electrons. The summed E-state index contributed by atoms with van der Waals surface area (Å²) in [6, 6.07) is 15.6. The number of hydrogen-bond donors (Lipinski definition) is 1. The van der Waals surface area contributed by atoms with Crippen molar-refractivity contribution in [3.8, 4) is 11.1 Å². The number of ether oxygens (including phenoxy) is 1.